The van der Waals surface area contributed by atoms with Crippen molar-refractivity contribution in [3.63, 3.8) is 0 Å². The van der Waals surface area contributed by atoms with Gasteiger partial charge in [0.1, 0.15) is 17.4 Å². The normalized spacial score (nSPS) is 10.3. The summed E-state index contributed by atoms with van der Waals surface area (Å²) in [5, 5.41) is 0. The van der Waals surface area contributed by atoms with Gasteiger partial charge in [0, 0.05) is 0 Å². The van der Waals surface area contributed by atoms with Gasteiger partial charge in [-0.05, 0) is 36.2 Å². The number of halogens is 2. The lowest BCUT2D eigenvalue weighted by Gasteiger charge is -2.10. The van der Waals surface area contributed by atoms with Crippen LogP contribution in [0.5, 0.6) is 5.75 Å². The molecule has 0 aliphatic rings. The van der Waals surface area contributed by atoms with Crippen molar-refractivity contribution >= 4 is 6.29 Å². The molecule has 98 valence electrons. The monoisotopic (exact) mass is 262 g/mol. The highest BCUT2D eigenvalue weighted by Crippen LogP contribution is 2.30. The van der Waals surface area contributed by atoms with Crippen LogP contribution in [0.4, 0.5) is 8.78 Å². The van der Waals surface area contributed by atoms with E-state index in [2.05, 4.69) is 0 Å². The van der Waals surface area contributed by atoms with E-state index in [9.17, 15) is 13.6 Å². The Hall–Kier alpha value is -2.23. The fourth-order valence-corrected chi connectivity index (χ4v) is 1.90. The molecule has 2 aromatic rings. The minimum Gasteiger partial charge on any atom is -0.496 e. The molecule has 0 aliphatic carbocycles. The maximum absolute atomic E-state index is 14.0. The number of hydrogen-bond donors (Lipinski definition) is 0. The summed E-state index contributed by atoms with van der Waals surface area (Å²) in [4.78, 5) is 10.9. The quantitative estimate of drug-likeness (QED) is 0.787. The van der Waals surface area contributed by atoms with Crippen molar-refractivity contribution in [1.29, 1.82) is 0 Å². The molecule has 2 aromatic carbocycles. The highest BCUT2D eigenvalue weighted by Gasteiger charge is 2.15. The molecular formula is C15H12F2O2. The second kappa shape index (κ2) is 5.18. The standard InChI is InChI=1S/C15H12F2O2/c1-9-3-5-12(16)14(15(9)17)10-4-6-13(19-2)11(7-10)8-18/h3-8H,1-2H3. The summed E-state index contributed by atoms with van der Waals surface area (Å²) in [6.07, 6.45) is 0.591. The zero-order chi connectivity index (χ0) is 14.0. The Morgan fingerprint density at radius 3 is 2.53 bits per heavy atom. The van der Waals surface area contributed by atoms with Crippen LogP contribution in [0.2, 0.25) is 0 Å². The third-order valence-corrected chi connectivity index (χ3v) is 2.93. The molecule has 0 atom stereocenters. The van der Waals surface area contributed by atoms with Crippen LogP contribution >= 0.6 is 0 Å². The van der Waals surface area contributed by atoms with E-state index in [1.165, 1.54) is 37.4 Å². The smallest absolute Gasteiger partial charge is 0.153 e. The predicted molar refractivity (Wildman–Crippen MR) is 68.5 cm³/mol. The van der Waals surface area contributed by atoms with E-state index in [4.69, 9.17) is 4.74 Å². The second-order valence-electron chi connectivity index (χ2n) is 4.13. The summed E-state index contributed by atoms with van der Waals surface area (Å²) in [5.41, 5.74) is 0.771. The summed E-state index contributed by atoms with van der Waals surface area (Å²) < 4.78 is 32.8. The third kappa shape index (κ3) is 2.34. The highest BCUT2D eigenvalue weighted by molar-refractivity contribution is 5.83. The van der Waals surface area contributed by atoms with Gasteiger partial charge < -0.3 is 4.74 Å². The van der Waals surface area contributed by atoms with Gasteiger partial charge >= 0.3 is 0 Å². The second-order valence-corrected chi connectivity index (χ2v) is 4.13. The minimum atomic E-state index is -0.662. The van der Waals surface area contributed by atoms with Gasteiger partial charge in [0.15, 0.2) is 6.29 Å². The van der Waals surface area contributed by atoms with Gasteiger partial charge in [0.2, 0.25) is 0 Å². The van der Waals surface area contributed by atoms with Crippen LogP contribution in [0.25, 0.3) is 11.1 Å². The van der Waals surface area contributed by atoms with Gasteiger partial charge in [0.05, 0.1) is 18.2 Å². The van der Waals surface area contributed by atoms with Crippen LogP contribution < -0.4 is 4.74 Å². The number of aldehydes is 1. The average Bonchev–Trinajstić information content (AvgIpc) is 2.43. The van der Waals surface area contributed by atoms with Crippen LogP contribution in [0.3, 0.4) is 0 Å². The summed E-state index contributed by atoms with van der Waals surface area (Å²) in [6, 6.07) is 7.02. The van der Waals surface area contributed by atoms with Gasteiger partial charge in [-0.3, -0.25) is 4.79 Å². The molecule has 0 heterocycles. The van der Waals surface area contributed by atoms with Crippen molar-refractivity contribution in [1.82, 2.24) is 0 Å². The van der Waals surface area contributed by atoms with E-state index >= 15 is 0 Å². The van der Waals surface area contributed by atoms with Gasteiger partial charge in [0.25, 0.3) is 0 Å². The molecule has 0 saturated heterocycles. The number of carbonyl (C=O) groups excluding carboxylic acids is 1. The number of carbonyl (C=O) groups is 1. The molecular weight excluding hydrogens is 250 g/mol. The lowest BCUT2D eigenvalue weighted by Crippen LogP contribution is -1.96. The van der Waals surface area contributed by atoms with Crippen LogP contribution in [0, 0.1) is 18.6 Å². The molecule has 0 N–H and O–H groups in total. The molecule has 2 rings (SSSR count). The zero-order valence-corrected chi connectivity index (χ0v) is 10.5. The fraction of sp³-hybridized carbons (Fsp3) is 0.133. The van der Waals surface area contributed by atoms with E-state index in [-0.39, 0.29) is 11.1 Å². The molecule has 0 amide bonds. The Morgan fingerprint density at radius 1 is 1.16 bits per heavy atom. The van der Waals surface area contributed by atoms with Crippen molar-refractivity contribution < 1.29 is 18.3 Å². The van der Waals surface area contributed by atoms with Crippen molar-refractivity contribution in [2.45, 2.75) is 6.92 Å². The molecule has 0 saturated carbocycles. The van der Waals surface area contributed by atoms with Crippen LogP contribution in [0.15, 0.2) is 30.3 Å². The van der Waals surface area contributed by atoms with Gasteiger partial charge in [-0.25, -0.2) is 8.78 Å². The first-order chi connectivity index (χ1) is 9.08. The number of ether oxygens (including phenoxy) is 1. The molecule has 4 heteroatoms. The molecule has 0 aromatic heterocycles. The van der Waals surface area contributed by atoms with Crippen LogP contribution in [-0.2, 0) is 0 Å². The Labute approximate surface area is 109 Å². The largest absolute Gasteiger partial charge is 0.496 e. The number of methoxy groups -OCH3 is 1. The van der Waals surface area contributed by atoms with Gasteiger partial charge in [-0.15, -0.1) is 0 Å². The Bertz CT molecular complexity index is 636. The molecule has 2 nitrogen and oxygen atoms in total. The van der Waals surface area contributed by atoms with E-state index in [0.29, 0.717) is 23.2 Å². The summed E-state index contributed by atoms with van der Waals surface area (Å²) in [5.74, 6) is -0.917. The lowest BCUT2D eigenvalue weighted by atomic mass is 9.99. The van der Waals surface area contributed by atoms with Crippen molar-refractivity contribution in [3.05, 3.63) is 53.1 Å². The molecule has 0 bridgehead atoms. The maximum atomic E-state index is 14.0. The Morgan fingerprint density at radius 2 is 1.89 bits per heavy atom. The Balaban J connectivity index is 2.66. The number of benzene rings is 2. The number of rotatable bonds is 3. The molecule has 0 radical (unpaired) electrons. The number of hydrogen-bond acceptors (Lipinski definition) is 2. The van der Waals surface area contributed by atoms with Crippen LogP contribution in [-0.4, -0.2) is 13.4 Å². The lowest BCUT2D eigenvalue weighted by molar-refractivity contribution is 0.112. The molecule has 19 heavy (non-hydrogen) atoms. The van der Waals surface area contributed by atoms with Crippen molar-refractivity contribution in [2.75, 3.05) is 7.11 Å². The van der Waals surface area contributed by atoms with E-state index < -0.39 is 11.6 Å². The first-order valence-corrected chi connectivity index (χ1v) is 5.66. The highest BCUT2D eigenvalue weighted by atomic mass is 19.1. The molecule has 0 fully saturated rings. The summed E-state index contributed by atoms with van der Waals surface area (Å²) in [7, 11) is 1.43. The number of aryl methyl sites for hydroxylation is 1. The Kier molecular flexibility index (Phi) is 3.60. The van der Waals surface area contributed by atoms with E-state index in [0.717, 1.165) is 0 Å². The van der Waals surface area contributed by atoms with E-state index in [1.807, 2.05) is 0 Å². The SMILES string of the molecule is COc1ccc(-c2c(F)ccc(C)c2F)cc1C=O. The van der Waals surface area contributed by atoms with Gasteiger partial charge in [-0.1, -0.05) is 12.1 Å². The topological polar surface area (TPSA) is 26.3 Å². The summed E-state index contributed by atoms with van der Waals surface area (Å²) >= 11 is 0. The van der Waals surface area contributed by atoms with Crippen molar-refractivity contribution in [3.8, 4) is 16.9 Å². The predicted octanol–water partition coefficient (Wildman–Crippen LogP) is 3.76. The fourth-order valence-electron chi connectivity index (χ4n) is 1.90. The molecule has 0 spiro atoms. The minimum absolute atomic E-state index is 0.134. The molecule has 0 aliphatic heterocycles. The molecule has 0 unspecified atom stereocenters. The maximum Gasteiger partial charge on any atom is 0.153 e. The van der Waals surface area contributed by atoms with Gasteiger partial charge in [-0.2, -0.15) is 0 Å². The first-order valence-electron chi connectivity index (χ1n) is 5.66. The first kappa shape index (κ1) is 13.2. The van der Waals surface area contributed by atoms with Crippen molar-refractivity contribution in [2.24, 2.45) is 0 Å². The third-order valence-electron chi connectivity index (χ3n) is 2.93. The summed E-state index contributed by atoms with van der Waals surface area (Å²) in [6.45, 7) is 1.56. The van der Waals surface area contributed by atoms with Crippen LogP contribution in [0.1, 0.15) is 15.9 Å². The van der Waals surface area contributed by atoms with E-state index in [1.54, 1.807) is 6.92 Å². The zero-order valence-electron chi connectivity index (χ0n) is 10.5. The average molecular weight is 262 g/mol.